The number of nitrogens with zero attached hydrogens (tertiary/aromatic N) is 8. The first kappa shape index (κ1) is 21.4. The van der Waals surface area contributed by atoms with Gasteiger partial charge in [-0.15, -0.1) is 5.10 Å². The van der Waals surface area contributed by atoms with Crippen LogP contribution in [0.3, 0.4) is 0 Å². The second-order valence-electron chi connectivity index (χ2n) is 8.06. The van der Waals surface area contributed by atoms with Crippen molar-refractivity contribution in [2.24, 2.45) is 7.05 Å². The van der Waals surface area contributed by atoms with Crippen LogP contribution in [0.15, 0.2) is 55.0 Å². The lowest BCUT2D eigenvalue weighted by Crippen LogP contribution is -2.04. The van der Waals surface area contributed by atoms with Crippen LogP contribution in [0.2, 0.25) is 0 Å². The van der Waals surface area contributed by atoms with Crippen molar-refractivity contribution in [3.05, 3.63) is 77.6 Å². The minimum atomic E-state index is -0.724. The van der Waals surface area contributed by atoms with E-state index < -0.39 is 5.82 Å². The Morgan fingerprint density at radius 2 is 1.79 bits per heavy atom. The Kier molecular flexibility index (Phi) is 5.33. The highest BCUT2D eigenvalue weighted by molar-refractivity contribution is 5.68. The van der Waals surface area contributed by atoms with E-state index in [0.717, 1.165) is 33.6 Å². The first-order valence-electron chi connectivity index (χ1n) is 10.6. The molecule has 0 bridgehead atoms. The number of benzene rings is 1. The normalized spacial score (nSPS) is 11.2. The molecule has 34 heavy (non-hydrogen) atoms. The van der Waals surface area contributed by atoms with Crippen molar-refractivity contribution in [1.82, 2.24) is 39.7 Å². The lowest BCUT2D eigenvalue weighted by atomic mass is 10.0. The fourth-order valence-corrected chi connectivity index (χ4v) is 3.68. The Morgan fingerprint density at radius 1 is 0.971 bits per heavy atom. The van der Waals surface area contributed by atoms with Gasteiger partial charge < -0.3 is 5.73 Å². The minimum absolute atomic E-state index is 0.00623. The predicted molar refractivity (Wildman–Crippen MR) is 126 cm³/mol. The molecular weight excluding hydrogens is 433 g/mol. The molecule has 170 valence electrons. The van der Waals surface area contributed by atoms with Gasteiger partial charge in [0, 0.05) is 24.4 Å². The number of nitrogen functional groups attached to an aromatic ring is 1. The van der Waals surface area contributed by atoms with Crippen LogP contribution in [-0.4, -0.2) is 39.7 Å². The van der Waals surface area contributed by atoms with Crippen LogP contribution in [0.4, 0.5) is 10.2 Å². The van der Waals surface area contributed by atoms with Crippen molar-refractivity contribution < 1.29 is 4.39 Å². The number of aromatic nitrogens is 8. The zero-order valence-electron chi connectivity index (χ0n) is 18.9. The van der Waals surface area contributed by atoms with Gasteiger partial charge >= 0.3 is 0 Å². The number of rotatable bonds is 5. The quantitative estimate of drug-likeness (QED) is 0.431. The molecule has 0 amide bonds. The van der Waals surface area contributed by atoms with Crippen molar-refractivity contribution in [3.63, 3.8) is 0 Å². The second kappa shape index (κ2) is 8.47. The number of hydrogen-bond acceptors (Lipinski definition) is 7. The van der Waals surface area contributed by atoms with Gasteiger partial charge in [0.25, 0.3) is 0 Å². The summed E-state index contributed by atoms with van der Waals surface area (Å²) in [5.41, 5.74) is 11.5. The molecule has 0 fully saturated rings. The number of nitrogens with two attached hydrogens (primary N) is 1. The Bertz CT molecular complexity index is 1500. The highest BCUT2D eigenvalue weighted by Gasteiger charge is 2.19. The first-order valence-corrected chi connectivity index (χ1v) is 10.6. The van der Waals surface area contributed by atoms with Gasteiger partial charge in [0.15, 0.2) is 17.5 Å². The smallest absolute Gasteiger partial charge is 0.193 e. The van der Waals surface area contributed by atoms with Gasteiger partial charge in [-0.05, 0) is 37.1 Å². The summed E-state index contributed by atoms with van der Waals surface area (Å²) >= 11 is 0. The van der Waals surface area contributed by atoms with E-state index in [1.165, 1.54) is 0 Å². The molecule has 4 heterocycles. The molecule has 5 aromatic rings. The summed E-state index contributed by atoms with van der Waals surface area (Å²) in [6.07, 6.45) is 5.28. The van der Waals surface area contributed by atoms with Crippen LogP contribution in [0.1, 0.15) is 16.8 Å². The van der Waals surface area contributed by atoms with Crippen LogP contribution in [-0.2, 0) is 13.6 Å². The summed E-state index contributed by atoms with van der Waals surface area (Å²) < 4.78 is 18.2. The average Bonchev–Trinajstić information content (AvgIpc) is 3.47. The maximum atomic E-state index is 14.9. The standard InChI is InChI=1S/C24H22FN9/c1-14-6-4-8-18(15(14)2)24-29-22(21(25)23(26)30-24)20-13-34(32-31-20)12-17-7-5-9-19(28-17)16-10-27-33(3)11-16/h4-11,13H,12H2,1-3H3,(H2,26,29,30). The molecule has 9 nitrogen and oxygen atoms in total. The maximum absolute atomic E-state index is 14.9. The van der Waals surface area contributed by atoms with Gasteiger partial charge in [-0.25, -0.2) is 19.0 Å². The Balaban J connectivity index is 1.46. The van der Waals surface area contributed by atoms with Gasteiger partial charge in [0.1, 0.15) is 11.4 Å². The van der Waals surface area contributed by atoms with Crippen LogP contribution in [0, 0.1) is 19.7 Å². The van der Waals surface area contributed by atoms with Gasteiger partial charge in [0.2, 0.25) is 0 Å². The van der Waals surface area contributed by atoms with Crippen molar-refractivity contribution in [2.45, 2.75) is 20.4 Å². The van der Waals surface area contributed by atoms with Gasteiger partial charge in [-0.3, -0.25) is 9.67 Å². The molecule has 0 aliphatic carbocycles. The summed E-state index contributed by atoms with van der Waals surface area (Å²) in [4.78, 5) is 13.3. The van der Waals surface area contributed by atoms with E-state index in [1.807, 2.05) is 63.5 Å². The fourth-order valence-electron chi connectivity index (χ4n) is 3.68. The molecule has 4 aromatic heterocycles. The monoisotopic (exact) mass is 455 g/mol. The molecule has 0 saturated heterocycles. The first-order chi connectivity index (χ1) is 16.4. The van der Waals surface area contributed by atoms with Crippen LogP contribution in [0.5, 0.6) is 0 Å². The van der Waals surface area contributed by atoms with E-state index in [-0.39, 0.29) is 17.2 Å². The molecule has 0 saturated carbocycles. The maximum Gasteiger partial charge on any atom is 0.193 e. The Labute approximate surface area is 195 Å². The number of anilines is 1. The summed E-state index contributed by atoms with van der Waals surface area (Å²) in [7, 11) is 1.86. The SMILES string of the molecule is Cc1cccc(-c2nc(N)c(F)c(-c3cn(Cc4cccc(-c5cnn(C)c5)n4)nn3)n2)c1C. The van der Waals surface area contributed by atoms with Gasteiger partial charge in [-0.1, -0.05) is 29.5 Å². The Hall–Kier alpha value is -4.47. The molecular formula is C24H22FN9. The minimum Gasteiger partial charge on any atom is -0.381 e. The van der Waals surface area contributed by atoms with E-state index in [0.29, 0.717) is 12.4 Å². The van der Waals surface area contributed by atoms with E-state index in [1.54, 1.807) is 21.8 Å². The highest BCUT2D eigenvalue weighted by atomic mass is 19.1. The van der Waals surface area contributed by atoms with Crippen molar-refractivity contribution in [2.75, 3.05) is 5.73 Å². The molecule has 5 rings (SSSR count). The molecule has 0 unspecified atom stereocenters. The summed E-state index contributed by atoms with van der Waals surface area (Å²) in [6, 6.07) is 11.5. The van der Waals surface area contributed by atoms with Gasteiger partial charge in [-0.2, -0.15) is 5.10 Å². The van der Waals surface area contributed by atoms with E-state index in [9.17, 15) is 4.39 Å². The molecule has 10 heteroatoms. The lowest BCUT2D eigenvalue weighted by molar-refractivity contribution is 0.623. The summed E-state index contributed by atoms with van der Waals surface area (Å²) in [5.74, 6) is -0.616. The highest BCUT2D eigenvalue weighted by Crippen LogP contribution is 2.28. The molecule has 1 aromatic carbocycles. The number of pyridine rings is 1. The Morgan fingerprint density at radius 3 is 2.59 bits per heavy atom. The zero-order valence-corrected chi connectivity index (χ0v) is 18.9. The van der Waals surface area contributed by atoms with Crippen molar-refractivity contribution >= 4 is 5.82 Å². The molecule has 0 aliphatic heterocycles. The fraction of sp³-hybridized carbons (Fsp3) is 0.167. The van der Waals surface area contributed by atoms with Crippen LogP contribution < -0.4 is 5.73 Å². The molecule has 0 atom stereocenters. The molecule has 0 spiro atoms. The predicted octanol–water partition coefficient (Wildman–Crippen LogP) is 3.58. The van der Waals surface area contributed by atoms with E-state index >= 15 is 0 Å². The number of halogens is 1. The largest absolute Gasteiger partial charge is 0.381 e. The number of aryl methyl sites for hydroxylation is 2. The third-order valence-electron chi connectivity index (χ3n) is 5.64. The van der Waals surface area contributed by atoms with Crippen LogP contribution in [0.25, 0.3) is 34.0 Å². The van der Waals surface area contributed by atoms with E-state index in [4.69, 9.17) is 5.73 Å². The van der Waals surface area contributed by atoms with E-state index in [2.05, 4.69) is 30.4 Å². The lowest BCUT2D eigenvalue weighted by Gasteiger charge is -2.10. The zero-order chi connectivity index (χ0) is 23.8. The van der Waals surface area contributed by atoms with Crippen molar-refractivity contribution in [3.8, 4) is 34.0 Å². The molecule has 0 radical (unpaired) electrons. The third-order valence-corrected chi connectivity index (χ3v) is 5.64. The second-order valence-corrected chi connectivity index (χ2v) is 8.06. The molecule has 2 N–H and O–H groups in total. The number of hydrogen-bond donors (Lipinski definition) is 1. The summed E-state index contributed by atoms with van der Waals surface area (Å²) in [6.45, 7) is 4.32. The van der Waals surface area contributed by atoms with Gasteiger partial charge in [0.05, 0.1) is 30.3 Å². The average molecular weight is 456 g/mol. The van der Waals surface area contributed by atoms with Crippen LogP contribution >= 0.6 is 0 Å². The van der Waals surface area contributed by atoms with Crippen molar-refractivity contribution in [1.29, 1.82) is 0 Å². The third kappa shape index (κ3) is 4.01. The topological polar surface area (TPSA) is 113 Å². The molecule has 0 aliphatic rings. The summed E-state index contributed by atoms with van der Waals surface area (Å²) in [5, 5.41) is 12.5.